The average Bonchev–Trinajstić information content (AvgIpc) is 3.29. The summed E-state index contributed by atoms with van der Waals surface area (Å²) < 4.78 is 26.6. The Morgan fingerprint density at radius 3 is 2.55 bits per heavy atom. The van der Waals surface area contributed by atoms with Crippen LogP contribution in [0, 0.1) is 5.92 Å². The zero-order chi connectivity index (χ0) is 21.4. The van der Waals surface area contributed by atoms with Crippen molar-refractivity contribution in [2.75, 3.05) is 26.4 Å². The fraction of sp³-hybridized carbons (Fsp3) is 0.737. The van der Waals surface area contributed by atoms with Crippen LogP contribution in [0.3, 0.4) is 0 Å². The Bertz CT molecular complexity index is 656. The van der Waals surface area contributed by atoms with Gasteiger partial charge in [0.2, 0.25) is 0 Å². The van der Waals surface area contributed by atoms with E-state index in [-0.39, 0.29) is 37.1 Å². The van der Waals surface area contributed by atoms with Crippen LogP contribution in [0.5, 0.6) is 5.88 Å². The highest BCUT2D eigenvalue weighted by Crippen LogP contribution is 2.29. The summed E-state index contributed by atoms with van der Waals surface area (Å²) in [6, 6.07) is 0.785. The number of rotatable bonds is 11. The summed E-state index contributed by atoms with van der Waals surface area (Å²) in [5, 5.41) is 16.1. The molecule has 1 aromatic heterocycles. The second kappa shape index (κ2) is 11.2. The molecule has 1 aromatic rings. The predicted molar refractivity (Wildman–Crippen MR) is 100 cm³/mol. The highest BCUT2D eigenvalue weighted by molar-refractivity contribution is 5.91. The molecule has 2 N–H and O–H groups in total. The number of aliphatic hydroxyl groups is 1. The molecule has 2 unspecified atom stereocenters. The SMILES string of the molecule is CCOC(COc1cc([C@@H](C(=O)OC(=O)C2CC(O)CN2)C(C)C)on1)OCC. The van der Waals surface area contributed by atoms with Gasteiger partial charge >= 0.3 is 11.9 Å². The third-order valence-corrected chi connectivity index (χ3v) is 4.40. The number of carbonyl (C=O) groups is 2. The Balaban J connectivity index is 1.98. The lowest BCUT2D eigenvalue weighted by Crippen LogP contribution is -2.35. The summed E-state index contributed by atoms with van der Waals surface area (Å²) in [4.78, 5) is 24.7. The maximum absolute atomic E-state index is 12.6. The van der Waals surface area contributed by atoms with Gasteiger partial charge in [-0.25, -0.2) is 4.79 Å². The van der Waals surface area contributed by atoms with Gasteiger partial charge in [0.1, 0.15) is 18.6 Å². The first-order valence-corrected chi connectivity index (χ1v) is 9.85. The molecule has 0 spiro atoms. The first-order chi connectivity index (χ1) is 13.8. The molecule has 0 aliphatic carbocycles. The topological polar surface area (TPSA) is 129 Å². The van der Waals surface area contributed by atoms with Crippen molar-refractivity contribution in [1.29, 1.82) is 0 Å². The van der Waals surface area contributed by atoms with Crippen LogP contribution in [0.15, 0.2) is 10.6 Å². The molecule has 1 saturated heterocycles. The van der Waals surface area contributed by atoms with Crippen molar-refractivity contribution in [3.63, 3.8) is 0 Å². The van der Waals surface area contributed by atoms with E-state index < -0.39 is 36.3 Å². The number of hydrogen-bond donors (Lipinski definition) is 2. The lowest BCUT2D eigenvalue weighted by atomic mass is 9.93. The maximum Gasteiger partial charge on any atom is 0.330 e. The van der Waals surface area contributed by atoms with Crippen LogP contribution in [-0.2, 0) is 23.8 Å². The number of β-amino-alcohol motifs (C(OH)–C–C–N with tert-alkyl or cyclic N) is 1. The number of nitrogens with zero attached hydrogens (tertiary/aromatic N) is 1. The molecular weight excluding hydrogens is 384 g/mol. The van der Waals surface area contributed by atoms with E-state index in [1.807, 2.05) is 13.8 Å². The van der Waals surface area contributed by atoms with E-state index in [4.69, 9.17) is 23.5 Å². The van der Waals surface area contributed by atoms with Crippen LogP contribution < -0.4 is 10.1 Å². The van der Waals surface area contributed by atoms with Gasteiger partial charge in [0.15, 0.2) is 12.1 Å². The molecule has 1 aliphatic heterocycles. The van der Waals surface area contributed by atoms with E-state index in [2.05, 4.69) is 10.5 Å². The third-order valence-electron chi connectivity index (χ3n) is 4.40. The first kappa shape index (κ1) is 23.3. The lowest BCUT2D eigenvalue weighted by molar-refractivity contribution is -0.163. The zero-order valence-electron chi connectivity index (χ0n) is 17.3. The predicted octanol–water partition coefficient (Wildman–Crippen LogP) is 0.985. The van der Waals surface area contributed by atoms with Gasteiger partial charge in [0.25, 0.3) is 5.88 Å². The minimum Gasteiger partial charge on any atom is -0.470 e. The van der Waals surface area contributed by atoms with Crippen LogP contribution in [0.2, 0.25) is 0 Å². The van der Waals surface area contributed by atoms with Crippen molar-refractivity contribution in [2.45, 2.75) is 58.5 Å². The Morgan fingerprint density at radius 2 is 2.00 bits per heavy atom. The number of carbonyl (C=O) groups excluding carboxylic acids is 2. The summed E-state index contributed by atoms with van der Waals surface area (Å²) in [5.41, 5.74) is 0. The van der Waals surface area contributed by atoms with Gasteiger partial charge in [0, 0.05) is 32.2 Å². The van der Waals surface area contributed by atoms with Crippen molar-refractivity contribution in [1.82, 2.24) is 10.5 Å². The summed E-state index contributed by atoms with van der Waals surface area (Å²) in [6.45, 7) is 8.65. The van der Waals surface area contributed by atoms with Crippen molar-refractivity contribution >= 4 is 11.9 Å². The minimum atomic E-state index is -0.829. The number of nitrogens with one attached hydrogen (secondary N) is 1. The molecule has 1 fully saturated rings. The highest BCUT2D eigenvalue weighted by Gasteiger charge is 2.36. The quantitative estimate of drug-likeness (QED) is 0.307. The molecule has 0 aromatic carbocycles. The largest absolute Gasteiger partial charge is 0.470 e. The summed E-state index contributed by atoms with van der Waals surface area (Å²) in [5.74, 6) is -2.09. The van der Waals surface area contributed by atoms with Crippen LogP contribution in [0.4, 0.5) is 0 Å². The number of aliphatic hydroxyl groups excluding tert-OH is 1. The zero-order valence-corrected chi connectivity index (χ0v) is 17.3. The maximum atomic E-state index is 12.6. The third kappa shape index (κ3) is 6.77. The molecule has 2 heterocycles. The first-order valence-electron chi connectivity index (χ1n) is 9.85. The summed E-state index contributed by atoms with van der Waals surface area (Å²) in [6.07, 6.45) is -0.961. The minimum absolute atomic E-state index is 0.110. The molecule has 0 radical (unpaired) electrons. The van der Waals surface area contributed by atoms with E-state index in [0.717, 1.165) is 0 Å². The van der Waals surface area contributed by atoms with Gasteiger partial charge in [-0.15, -0.1) is 0 Å². The van der Waals surface area contributed by atoms with E-state index in [1.165, 1.54) is 6.07 Å². The number of ether oxygens (including phenoxy) is 4. The standard InChI is InChI=1S/C19H30N2O8/c1-5-25-16(26-6-2)10-27-15-8-14(29-21-15)17(11(3)4)19(24)28-18(23)13-7-12(22)9-20-13/h8,11-13,16-17,20,22H,5-7,9-10H2,1-4H3/t12?,13?,17-/m0/s1. The molecule has 1 aliphatic rings. The van der Waals surface area contributed by atoms with Gasteiger partial charge in [-0.1, -0.05) is 13.8 Å². The molecule has 0 bridgehead atoms. The molecule has 29 heavy (non-hydrogen) atoms. The molecule has 164 valence electrons. The lowest BCUT2D eigenvalue weighted by Gasteiger charge is -2.17. The van der Waals surface area contributed by atoms with Crippen LogP contribution >= 0.6 is 0 Å². The smallest absolute Gasteiger partial charge is 0.330 e. The molecular formula is C19H30N2O8. The number of hydrogen-bond acceptors (Lipinski definition) is 10. The summed E-state index contributed by atoms with van der Waals surface area (Å²) >= 11 is 0. The Hall–Kier alpha value is -2.01. The number of aromatic nitrogens is 1. The van der Waals surface area contributed by atoms with E-state index >= 15 is 0 Å². The van der Waals surface area contributed by atoms with Crippen LogP contribution in [0.1, 0.15) is 45.8 Å². The normalized spacial score (nSPS) is 20.2. The fourth-order valence-electron chi connectivity index (χ4n) is 3.00. The molecule has 2 rings (SSSR count). The van der Waals surface area contributed by atoms with Gasteiger partial charge < -0.3 is 33.9 Å². The van der Waals surface area contributed by atoms with Crippen molar-refractivity contribution in [2.24, 2.45) is 5.92 Å². The molecule has 10 nitrogen and oxygen atoms in total. The molecule has 0 saturated carbocycles. The van der Waals surface area contributed by atoms with Crippen LogP contribution in [-0.4, -0.2) is 67.0 Å². The van der Waals surface area contributed by atoms with Gasteiger partial charge in [0.05, 0.1) is 6.10 Å². The molecule has 10 heteroatoms. The van der Waals surface area contributed by atoms with Gasteiger partial charge in [-0.2, -0.15) is 0 Å². The van der Waals surface area contributed by atoms with E-state index in [1.54, 1.807) is 13.8 Å². The molecule has 0 amide bonds. The molecule has 3 atom stereocenters. The Kier molecular flexibility index (Phi) is 9.02. The summed E-state index contributed by atoms with van der Waals surface area (Å²) in [7, 11) is 0. The van der Waals surface area contributed by atoms with Gasteiger partial charge in [-0.3, -0.25) is 4.79 Å². The van der Waals surface area contributed by atoms with E-state index in [9.17, 15) is 14.7 Å². The van der Waals surface area contributed by atoms with Crippen molar-refractivity contribution in [3.8, 4) is 5.88 Å². The second-order valence-electron chi connectivity index (χ2n) is 7.03. The van der Waals surface area contributed by atoms with Crippen molar-refractivity contribution < 1.29 is 38.2 Å². The van der Waals surface area contributed by atoms with Crippen LogP contribution in [0.25, 0.3) is 0 Å². The monoisotopic (exact) mass is 414 g/mol. The number of esters is 2. The Morgan fingerprint density at radius 1 is 1.31 bits per heavy atom. The van der Waals surface area contributed by atoms with E-state index in [0.29, 0.717) is 13.2 Å². The fourth-order valence-corrected chi connectivity index (χ4v) is 3.00. The van der Waals surface area contributed by atoms with Crippen molar-refractivity contribution in [3.05, 3.63) is 11.8 Å². The Labute approximate surface area is 169 Å². The second-order valence-corrected chi connectivity index (χ2v) is 7.03. The highest BCUT2D eigenvalue weighted by atomic mass is 16.7. The van der Waals surface area contributed by atoms with Gasteiger partial charge in [-0.05, 0) is 24.9 Å². The average molecular weight is 414 g/mol.